The monoisotopic (exact) mass is 327 g/mol. The molecular formula is C17H17N3O4. The molecule has 1 aromatic heterocycles. The van der Waals surface area contributed by atoms with E-state index >= 15 is 0 Å². The zero-order valence-corrected chi connectivity index (χ0v) is 13.5. The van der Waals surface area contributed by atoms with Crippen molar-refractivity contribution in [3.63, 3.8) is 0 Å². The molecule has 2 aromatic carbocycles. The SMILES string of the molecule is COc1cccc(OC)c1C(=O)Nc1cc2[nH]c(=O)[nH]c2cc1C. The molecule has 124 valence electrons. The molecule has 0 radical (unpaired) electrons. The first-order valence-corrected chi connectivity index (χ1v) is 7.28. The third-order valence-corrected chi connectivity index (χ3v) is 3.76. The third-order valence-electron chi connectivity index (χ3n) is 3.76. The summed E-state index contributed by atoms with van der Waals surface area (Å²) in [5.41, 5.74) is 2.73. The Morgan fingerprint density at radius 2 is 1.62 bits per heavy atom. The molecule has 3 aromatic rings. The molecule has 0 saturated heterocycles. The number of H-pyrrole nitrogens is 2. The van der Waals surface area contributed by atoms with Crippen LogP contribution in [0.2, 0.25) is 0 Å². The van der Waals surface area contributed by atoms with Crippen LogP contribution in [0.4, 0.5) is 5.69 Å². The summed E-state index contributed by atoms with van der Waals surface area (Å²) in [6, 6.07) is 8.63. The lowest BCUT2D eigenvalue weighted by molar-refractivity contribution is 0.102. The van der Waals surface area contributed by atoms with Gasteiger partial charge in [-0.15, -0.1) is 0 Å². The lowest BCUT2D eigenvalue weighted by Gasteiger charge is -2.14. The Morgan fingerprint density at radius 3 is 2.21 bits per heavy atom. The molecule has 7 heteroatoms. The van der Waals surface area contributed by atoms with Gasteiger partial charge in [-0.3, -0.25) is 4.79 Å². The van der Waals surface area contributed by atoms with Crippen molar-refractivity contribution in [3.05, 3.63) is 51.9 Å². The number of methoxy groups -OCH3 is 2. The lowest BCUT2D eigenvalue weighted by Crippen LogP contribution is -2.15. The average molecular weight is 327 g/mol. The van der Waals surface area contributed by atoms with Gasteiger partial charge in [-0.25, -0.2) is 4.79 Å². The number of carbonyl (C=O) groups excluding carboxylic acids is 1. The number of benzene rings is 2. The van der Waals surface area contributed by atoms with Crippen molar-refractivity contribution in [2.45, 2.75) is 6.92 Å². The number of nitrogens with one attached hydrogen (secondary N) is 3. The second-order valence-corrected chi connectivity index (χ2v) is 5.28. The summed E-state index contributed by atoms with van der Waals surface area (Å²) in [4.78, 5) is 29.5. The van der Waals surface area contributed by atoms with Crippen molar-refractivity contribution in [1.29, 1.82) is 0 Å². The van der Waals surface area contributed by atoms with Crippen LogP contribution in [0.25, 0.3) is 11.0 Å². The number of hydrogen-bond acceptors (Lipinski definition) is 4. The van der Waals surface area contributed by atoms with Gasteiger partial charge in [-0.2, -0.15) is 0 Å². The molecule has 3 rings (SSSR count). The molecule has 0 aliphatic rings. The number of fused-ring (bicyclic) bond motifs is 1. The van der Waals surface area contributed by atoms with E-state index in [1.54, 1.807) is 30.3 Å². The molecule has 1 amide bonds. The smallest absolute Gasteiger partial charge is 0.323 e. The van der Waals surface area contributed by atoms with E-state index in [9.17, 15) is 9.59 Å². The number of hydrogen-bond donors (Lipinski definition) is 3. The van der Waals surface area contributed by atoms with Crippen LogP contribution in [0.3, 0.4) is 0 Å². The van der Waals surface area contributed by atoms with Gasteiger partial charge < -0.3 is 24.8 Å². The van der Waals surface area contributed by atoms with Gasteiger partial charge in [0.15, 0.2) is 0 Å². The zero-order valence-electron chi connectivity index (χ0n) is 13.5. The fourth-order valence-electron chi connectivity index (χ4n) is 2.59. The first kappa shape index (κ1) is 15.7. The van der Waals surface area contributed by atoms with Crippen molar-refractivity contribution in [2.24, 2.45) is 0 Å². The minimum atomic E-state index is -0.357. The Balaban J connectivity index is 2.01. The fraction of sp³-hybridized carbons (Fsp3) is 0.176. The summed E-state index contributed by atoms with van der Waals surface area (Å²) in [6.45, 7) is 1.85. The Kier molecular flexibility index (Phi) is 3.99. The van der Waals surface area contributed by atoms with Crippen LogP contribution in [0.1, 0.15) is 15.9 Å². The molecule has 24 heavy (non-hydrogen) atoms. The van der Waals surface area contributed by atoms with Crippen LogP contribution in [-0.2, 0) is 0 Å². The maximum atomic E-state index is 12.7. The summed E-state index contributed by atoms with van der Waals surface area (Å²) < 4.78 is 10.5. The largest absolute Gasteiger partial charge is 0.496 e. The summed E-state index contributed by atoms with van der Waals surface area (Å²) in [5.74, 6) is 0.478. The van der Waals surface area contributed by atoms with E-state index in [1.807, 2.05) is 6.92 Å². The van der Waals surface area contributed by atoms with Gasteiger partial charge in [0.05, 0.1) is 25.3 Å². The molecule has 0 spiro atoms. The molecule has 0 bridgehead atoms. The fourth-order valence-corrected chi connectivity index (χ4v) is 2.59. The van der Waals surface area contributed by atoms with Crippen LogP contribution >= 0.6 is 0 Å². The van der Waals surface area contributed by atoms with E-state index in [-0.39, 0.29) is 11.6 Å². The Labute approximate surface area is 137 Å². The van der Waals surface area contributed by atoms with E-state index in [4.69, 9.17) is 9.47 Å². The number of carbonyl (C=O) groups is 1. The number of anilines is 1. The number of rotatable bonds is 4. The highest BCUT2D eigenvalue weighted by molar-refractivity contribution is 6.09. The van der Waals surface area contributed by atoms with E-state index in [0.29, 0.717) is 33.8 Å². The molecule has 0 fully saturated rings. The predicted molar refractivity (Wildman–Crippen MR) is 91.2 cm³/mol. The number of aromatic nitrogens is 2. The molecule has 0 unspecified atom stereocenters. The highest BCUT2D eigenvalue weighted by Gasteiger charge is 2.19. The zero-order chi connectivity index (χ0) is 17.3. The second kappa shape index (κ2) is 6.11. The summed E-state index contributed by atoms with van der Waals surface area (Å²) >= 11 is 0. The van der Waals surface area contributed by atoms with Gasteiger partial charge in [-0.05, 0) is 36.8 Å². The minimum absolute atomic E-state index is 0.292. The molecule has 0 aliphatic heterocycles. The van der Waals surface area contributed by atoms with Crippen molar-refractivity contribution < 1.29 is 14.3 Å². The number of ether oxygens (including phenoxy) is 2. The summed E-state index contributed by atoms with van der Waals surface area (Å²) in [7, 11) is 2.99. The Morgan fingerprint density at radius 1 is 1.04 bits per heavy atom. The molecule has 0 saturated carbocycles. The lowest BCUT2D eigenvalue weighted by atomic mass is 10.1. The Hall–Kier alpha value is -3.22. The highest BCUT2D eigenvalue weighted by atomic mass is 16.5. The summed E-state index contributed by atoms with van der Waals surface area (Å²) in [5, 5.41) is 2.84. The van der Waals surface area contributed by atoms with Crippen molar-refractivity contribution in [3.8, 4) is 11.5 Å². The van der Waals surface area contributed by atoms with Crippen LogP contribution in [0.5, 0.6) is 11.5 Å². The third kappa shape index (κ3) is 2.71. The molecular weight excluding hydrogens is 310 g/mol. The molecule has 0 atom stereocenters. The quantitative estimate of drug-likeness (QED) is 0.686. The van der Waals surface area contributed by atoms with E-state index in [0.717, 1.165) is 5.56 Å². The van der Waals surface area contributed by atoms with Crippen LogP contribution < -0.4 is 20.5 Å². The number of aryl methyl sites for hydroxylation is 1. The van der Waals surface area contributed by atoms with Crippen LogP contribution in [0.15, 0.2) is 35.1 Å². The van der Waals surface area contributed by atoms with E-state index in [1.165, 1.54) is 14.2 Å². The maximum Gasteiger partial charge on any atom is 0.323 e. The number of imidazole rings is 1. The van der Waals surface area contributed by atoms with Crippen molar-refractivity contribution in [1.82, 2.24) is 9.97 Å². The topological polar surface area (TPSA) is 96.2 Å². The van der Waals surface area contributed by atoms with E-state index < -0.39 is 0 Å². The maximum absolute atomic E-state index is 12.7. The van der Waals surface area contributed by atoms with Gasteiger partial charge >= 0.3 is 5.69 Å². The molecule has 7 nitrogen and oxygen atoms in total. The van der Waals surface area contributed by atoms with Gasteiger partial charge in [0.2, 0.25) is 0 Å². The van der Waals surface area contributed by atoms with E-state index in [2.05, 4.69) is 15.3 Å². The van der Waals surface area contributed by atoms with Crippen molar-refractivity contribution in [2.75, 3.05) is 19.5 Å². The second-order valence-electron chi connectivity index (χ2n) is 5.28. The predicted octanol–water partition coefficient (Wildman–Crippen LogP) is 2.43. The molecule has 0 aliphatic carbocycles. The molecule has 3 N–H and O–H groups in total. The number of aromatic amines is 2. The standard InChI is InChI=1S/C17H17N3O4/c1-9-7-11-12(20-17(22)19-11)8-10(9)18-16(21)15-13(23-2)5-4-6-14(15)24-3/h4-8H,1-3H3,(H,18,21)(H2,19,20,22). The van der Waals surface area contributed by atoms with Crippen LogP contribution in [-0.4, -0.2) is 30.1 Å². The van der Waals surface area contributed by atoms with Crippen molar-refractivity contribution >= 4 is 22.6 Å². The number of amides is 1. The highest BCUT2D eigenvalue weighted by Crippen LogP contribution is 2.30. The first-order chi connectivity index (χ1) is 11.5. The Bertz CT molecular complexity index is 949. The van der Waals surface area contributed by atoms with Crippen LogP contribution in [0, 0.1) is 6.92 Å². The first-order valence-electron chi connectivity index (χ1n) is 7.28. The summed E-state index contributed by atoms with van der Waals surface area (Å²) in [6.07, 6.45) is 0. The molecule has 1 heterocycles. The van der Waals surface area contributed by atoms with Gasteiger partial charge in [0, 0.05) is 5.69 Å². The average Bonchev–Trinajstić information content (AvgIpc) is 2.93. The van der Waals surface area contributed by atoms with Gasteiger partial charge in [-0.1, -0.05) is 6.07 Å². The minimum Gasteiger partial charge on any atom is -0.496 e. The van der Waals surface area contributed by atoms with Gasteiger partial charge in [0.1, 0.15) is 17.1 Å². The van der Waals surface area contributed by atoms with Gasteiger partial charge in [0.25, 0.3) is 5.91 Å². The normalized spacial score (nSPS) is 10.6.